The summed E-state index contributed by atoms with van der Waals surface area (Å²) >= 11 is 0. The van der Waals surface area contributed by atoms with Gasteiger partial charge in [-0.3, -0.25) is 9.59 Å². The van der Waals surface area contributed by atoms with Crippen LogP contribution < -0.4 is 10.1 Å². The fourth-order valence-electron chi connectivity index (χ4n) is 2.82. The van der Waals surface area contributed by atoms with Gasteiger partial charge in [0.1, 0.15) is 5.75 Å². The van der Waals surface area contributed by atoms with Crippen molar-refractivity contribution in [2.75, 3.05) is 32.6 Å². The lowest BCUT2D eigenvalue weighted by Gasteiger charge is -2.17. The van der Waals surface area contributed by atoms with Gasteiger partial charge in [-0.1, -0.05) is 36.4 Å². The summed E-state index contributed by atoms with van der Waals surface area (Å²) in [6.07, 6.45) is 1.38. The molecule has 0 aliphatic heterocycles. The number of ether oxygens (including phenoxy) is 2. The van der Waals surface area contributed by atoms with Crippen LogP contribution >= 0.6 is 0 Å². The predicted octanol–water partition coefficient (Wildman–Crippen LogP) is 3.21. The van der Waals surface area contributed by atoms with E-state index in [0.717, 1.165) is 5.56 Å². The van der Waals surface area contributed by atoms with Crippen LogP contribution in [0.4, 0.5) is 5.69 Å². The zero-order valence-corrected chi connectivity index (χ0v) is 17.2. The van der Waals surface area contributed by atoms with Crippen molar-refractivity contribution >= 4 is 23.5 Å². The van der Waals surface area contributed by atoms with Gasteiger partial charge in [0.25, 0.3) is 5.91 Å². The molecule has 0 saturated heterocycles. The molecule has 0 radical (unpaired) electrons. The molecule has 1 aromatic heterocycles. The van der Waals surface area contributed by atoms with Crippen LogP contribution in [-0.4, -0.2) is 50.0 Å². The van der Waals surface area contributed by atoms with Crippen molar-refractivity contribution in [3.8, 4) is 16.9 Å². The normalized spacial score (nSPS) is 10.3. The second-order valence-electron chi connectivity index (χ2n) is 6.64. The molecule has 0 unspecified atom stereocenters. The van der Waals surface area contributed by atoms with Gasteiger partial charge in [-0.2, -0.15) is 0 Å². The van der Waals surface area contributed by atoms with E-state index in [2.05, 4.69) is 5.32 Å². The molecule has 160 valence electrons. The summed E-state index contributed by atoms with van der Waals surface area (Å²) in [6.45, 7) is -0.722. The monoisotopic (exact) mass is 422 g/mol. The number of furan rings is 1. The maximum atomic E-state index is 12.4. The highest BCUT2D eigenvalue weighted by Gasteiger charge is 2.21. The minimum Gasteiger partial charge on any atom is -0.497 e. The highest BCUT2D eigenvalue weighted by Crippen LogP contribution is 2.25. The Kier molecular flexibility index (Phi) is 7.05. The van der Waals surface area contributed by atoms with Crippen molar-refractivity contribution in [2.45, 2.75) is 0 Å². The molecular weight excluding hydrogens is 400 g/mol. The molecular formula is C23H22N2O6. The third-order valence-electron chi connectivity index (χ3n) is 4.42. The van der Waals surface area contributed by atoms with Crippen LogP contribution in [-0.2, 0) is 14.3 Å². The fraction of sp³-hybridized carbons (Fsp3) is 0.174. The van der Waals surface area contributed by atoms with E-state index in [1.54, 1.807) is 30.3 Å². The summed E-state index contributed by atoms with van der Waals surface area (Å²) < 4.78 is 15.4. The molecule has 31 heavy (non-hydrogen) atoms. The van der Waals surface area contributed by atoms with E-state index in [9.17, 15) is 14.4 Å². The molecule has 2 amide bonds. The number of nitrogens with one attached hydrogen (secondary N) is 1. The van der Waals surface area contributed by atoms with E-state index in [1.165, 1.54) is 25.3 Å². The number of amides is 2. The number of nitrogens with zero attached hydrogens (tertiary/aromatic N) is 1. The molecule has 0 atom stereocenters. The summed E-state index contributed by atoms with van der Waals surface area (Å²) in [5, 5.41) is 2.68. The number of hydrogen-bond acceptors (Lipinski definition) is 6. The van der Waals surface area contributed by atoms with Crippen LogP contribution in [0.3, 0.4) is 0 Å². The van der Waals surface area contributed by atoms with E-state index in [0.29, 0.717) is 17.0 Å². The van der Waals surface area contributed by atoms with E-state index in [1.807, 2.05) is 30.3 Å². The minimum atomic E-state index is -0.758. The summed E-state index contributed by atoms with van der Waals surface area (Å²) in [4.78, 5) is 38.0. The Balaban J connectivity index is 1.52. The molecule has 8 heteroatoms. The third kappa shape index (κ3) is 5.72. The summed E-state index contributed by atoms with van der Waals surface area (Å²) in [7, 11) is 2.98. The van der Waals surface area contributed by atoms with Crippen molar-refractivity contribution in [2.24, 2.45) is 0 Å². The Bertz CT molecular complexity index is 1060. The second-order valence-corrected chi connectivity index (χ2v) is 6.64. The number of likely N-dealkylation sites (N-methyl/N-ethyl adjacent to an activating group) is 1. The van der Waals surface area contributed by atoms with Gasteiger partial charge in [0.05, 0.1) is 19.9 Å². The largest absolute Gasteiger partial charge is 0.497 e. The molecule has 0 aliphatic rings. The number of carbonyl (C=O) groups excluding carboxylic acids is 3. The Morgan fingerprint density at radius 3 is 2.55 bits per heavy atom. The van der Waals surface area contributed by atoms with Crippen molar-refractivity contribution in [3.63, 3.8) is 0 Å². The molecule has 2 aromatic carbocycles. The average Bonchev–Trinajstić information content (AvgIpc) is 3.28. The molecule has 0 bridgehead atoms. The zero-order valence-electron chi connectivity index (χ0n) is 17.2. The topological polar surface area (TPSA) is 98.1 Å². The summed E-state index contributed by atoms with van der Waals surface area (Å²) in [5.74, 6) is -1.07. The van der Waals surface area contributed by atoms with Gasteiger partial charge < -0.3 is 24.1 Å². The molecule has 0 fully saturated rings. The lowest BCUT2D eigenvalue weighted by molar-refractivity contribution is -0.136. The van der Waals surface area contributed by atoms with Gasteiger partial charge in [0, 0.05) is 24.4 Å². The number of carbonyl (C=O) groups is 3. The Labute approximate surface area is 179 Å². The smallest absolute Gasteiger partial charge is 0.375 e. The molecule has 8 nitrogen and oxygen atoms in total. The van der Waals surface area contributed by atoms with Gasteiger partial charge in [-0.15, -0.1) is 0 Å². The predicted molar refractivity (Wildman–Crippen MR) is 114 cm³/mol. The number of hydrogen-bond donors (Lipinski definition) is 1. The first-order valence-electron chi connectivity index (χ1n) is 9.46. The standard InChI is InChI=1S/C23H22N2O6/c1-25(14-20(26)24-17-9-6-10-18(13-17)29-2)21(27)15-31-23(28)22-19(11-12-30-22)16-7-4-3-5-8-16/h3-13H,14-15H2,1-2H3,(H,24,26). The van der Waals surface area contributed by atoms with Crippen molar-refractivity contribution in [1.82, 2.24) is 4.90 Å². The lowest BCUT2D eigenvalue weighted by atomic mass is 10.1. The Morgan fingerprint density at radius 1 is 1.03 bits per heavy atom. The first-order chi connectivity index (χ1) is 15.0. The number of rotatable bonds is 8. The quantitative estimate of drug-likeness (QED) is 0.560. The van der Waals surface area contributed by atoms with Crippen molar-refractivity contribution < 1.29 is 28.3 Å². The van der Waals surface area contributed by atoms with Crippen LogP contribution in [0.15, 0.2) is 71.3 Å². The maximum absolute atomic E-state index is 12.4. The lowest BCUT2D eigenvalue weighted by Crippen LogP contribution is -2.37. The molecule has 0 aliphatic carbocycles. The number of methoxy groups -OCH3 is 1. The highest BCUT2D eigenvalue weighted by molar-refractivity contribution is 5.97. The van der Waals surface area contributed by atoms with Gasteiger partial charge >= 0.3 is 5.97 Å². The third-order valence-corrected chi connectivity index (χ3v) is 4.42. The molecule has 1 N–H and O–H groups in total. The SMILES string of the molecule is COc1cccc(NC(=O)CN(C)C(=O)COC(=O)c2occc2-c2ccccc2)c1. The number of anilines is 1. The van der Waals surface area contributed by atoms with Crippen LogP contribution in [0.1, 0.15) is 10.6 Å². The van der Waals surface area contributed by atoms with Gasteiger partial charge in [0.15, 0.2) is 6.61 Å². The van der Waals surface area contributed by atoms with Crippen LogP contribution in [0, 0.1) is 0 Å². The van der Waals surface area contributed by atoms with Gasteiger partial charge in [-0.05, 0) is 23.8 Å². The molecule has 3 rings (SSSR count). The first-order valence-corrected chi connectivity index (χ1v) is 9.46. The molecule has 0 saturated carbocycles. The van der Waals surface area contributed by atoms with Gasteiger partial charge in [-0.25, -0.2) is 4.79 Å². The van der Waals surface area contributed by atoms with Gasteiger partial charge in [0.2, 0.25) is 11.7 Å². The van der Waals surface area contributed by atoms with E-state index >= 15 is 0 Å². The van der Waals surface area contributed by atoms with Crippen LogP contribution in [0.25, 0.3) is 11.1 Å². The summed E-state index contributed by atoms with van der Waals surface area (Å²) in [5.41, 5.74) is 1.91. The second kappa shape index (κ2) is 10.1. The van der Waals surface area contributed by atoms with Crippen LogP contribution in [0.5, 0.6) is 5.75 Å². The number of esters is 1. The Morgan fingerprint density at radius 2 is 1.81 bits per heavy atom. The molecule has 1 heterocycles. The van der Waals surface area contributed by atoms with E-state index in [-0.39, 0.29) is 12.3 Å². The van der Waals surface area contributed by atoms with Crippen LogP contribution in [0.2, 0.25) is 0 Å². The van der Waals surface area contributed by atoms with Crippen molar-refractivity contribution in [1.29, 1.82) is 0 Å². The minimum absolute atomic E-state index is 0.0115. The molecule has 0 spiro atoms. The summed E-state index contributed by atoms with van der Waals surface area (Å²) in [6, 6.07) is 17.7. The maximum Gasteiger partial charge on any atom is 0.375 e. The Hall–Kier alpha value is -4.07. The van der Waals surface area contributed by atoms with E-state index < -0.39 is 24.4 Å². The van der Waals surface area contributed by atoms with Crippen molar-refractivity contribution in [3.05, 3.63) is 72.7 Å². The zero-order chi connectivity index (χ0) is 22.2. The number of benzene rings is 2. The van der Waals surface area contributed by atoms with E-state index in [4.69, 9.17) is 13.9 Å². The average molecular weight is 422 g/mol. The fourth-order valence-corrected chi connectivity index (χ4v) is 2.82. The highest BCUT2D eigenvalue weighted by atomic mass is 16.5. The first kappa shape index (κ1) is 21.6. The molecule has 3 aromatic rings.